The molecule has 1 unspecified atom stereocenters. The Balaban J connectivity index is 1.95. The number of aryl methyl sites for hydroxylation is 1. The highest BCUT2D eigenvalue weighted by Crippen LogP contribution is 2.44. The number of fused-ring (bicyclic) bond motifs is 1. The molecule has 0 amide bonds. The molecule has 1 aromatic rings. The van der Waals surface area contributed by atoms with Gasteiger partial charge in [-0.05, 0) is 37.3 Å². The summed E-state index contributed by atoms with van der Waals surface area (Å²) in [4.78, 5) is 4.37. The van der Waals surface area contributed by atoms with E-state index in [1.165, 1.54) is 5.56 Å². The van der Waals surface area contributed by atoms with Crippen molar-refractivity contribution < 1.29 is 9.84 Å². The molecule has 1 fully saturated rings. The first-order valence-electron chi connectivity index (χ1n) is 6.08. The fraction of sp³-hybridized carbons (Fsp3) is 0.615. The van der Waals surface area contributed by atoms with Gasteiger partial charge in [-0.3, -0.25) is 0 Å². The minimum Gasteiger partial charge on any atom is -0.468 e. The van der Waals surface area contributed by atoms with E-state index in [0.717, 1.165) is 37.1 Å². The van der Waals surface area contributed by atoms with Crippen LogP contribution in [0.2, 0.25) is 0 Å². The molecule has 2 heterocycles. The molecule has 0 aromatic carbocycles. The third-order valence-corrected chi connectivity index (χ3v) is 3.91. The van der Waals surface area contributed by atoms with Crippen LogP contribution in [0.3, 0.4) is 0 Å². The average Bonchev–Trinajstić information content (AvgIpc) is 2.25. The molecule has 1 aliphatic heterocycles. The number of aliphatic hydroxyl groups excluding tert-OH is 1. The van der Waals surface area contributed by atoms with Gasteiger partial charge in [0.15, 0.2) is 0 Å². The highest BCUT2D eigenvalue weighted by atomic mass is 16.5. The number of hydrogen-bond acceptors (Lipinski definition) is 3. The fourth-order valence-corrected chi connectivity index (χ4v) is 2.59. The van der Waals surface area contributed by atoms with Gasteiger partial charge in [0.25, 0.3) is 0 Å². The third kappa shape index (κ3) is 1.34. The molecule has 0 saturated heterocycles. The Morgan fingerprint density at radius 2 is 2.38 bits per heavy atom. The van der Waals surface area contributed by atoms with Gasteiger partial charge in [-0.1, -0.05) is 6.92 Å². The lowest BCUT2D eigenvalue weighted by Gasteiger charge is -2.47. The lowest BCUT2D eigenvalue weighted by Crippen LogP contribution is -2.56. The van der Waals surface area contributed by atoms with Crippen molar-refractivity contribution in [3.05, 3.63) is 23.4 Å². The van der Waals surface area contributed by atoms with Crippen LogP contribution in [-0.2, 0) is 12.8 Å². The zero-order valence-electron chi connectivity index (χ0n) is 9.57. The van der Waals surface area contributed by atoms with Gasteiger partial charge in [0.05, 0.1) is 6.10 Å². The van der Waals surface area contributed by atoms with Crippen LogP contribution in [0.5, 0.6) is 5.88 Å². The molecule has 3 rings (SSSR count). The molecule has 1 atom stereocenters. The molecule has 1 saturated carbocycles. The zero-order valence-corrected chi connectivity index (χ0v) is 9.57. The summed E-state index contributed by atoms with van der Waals surface area (Å²) >= 11 is 0. The number of rotatable bonds is 1. The van der Waals surface area contributed by atoms with E-state index in [2.05, 4.69) is 18.0 Å². The van der Waals surface area contributed by atoms with E-state index in [1.807, 2.05) is 6.20 Å². The average molecular weight is 219 g/mol. The molecule has 1 aromatic heterocycles. The summed E-state index contributed by atoms with van der Waals surface area (Å²) in [5.41, 5.74) is 1.96. The molecular weight excluding hydrogens is 202 g/mol. The van der Waals surface area contributed by atoms with Gasteiger partial charge in [-0.25, -0.2) is 4.98 Å². The molecule has 1 aliphatic carbocycles. The van der Waals surface area contributed by atoms with E-state index in [0.29, 0.717) is 6.42 Å². The highest BCUT2D eigenvalue weighted by molar-refractivity contribution is 5.34. The van der Waals surface area contributed by atoms with Crippen molar-refractivity contribution in [1.29, 1.82) is 0 Å². The summed E-state index contributed by atoms with van der Waals surface area (Å²) in [5.74, 6) is 0.738. The number of nitrogens with zero attached hydrogens (tertiary/aromatic N) is 1. The summed E-state index contributed by atoms with van der Waals surface area (Å²) in [5, 5.41) is 10.1. The van der Waals surface area contributed by atoms with Crippen LogP contribution >= 0.6 is 0 Å². The van der Waals surface area contributed by atoms with Gasteiger partial charge in [0.1, 0.15) is 5.60 Å². The SMILES string of the molecule is CCc1cnc2c(c1)CC(O)C1(CCC1)O2. The summed E-state index contributed by atoms with van der Waals surface area (Å²) in [7, 11) is 0. The number of aliphatic hydroxyl groups is 1. The van der Waals surface area contributed by atoms with Crippen molar-refractivity contribution in [2.24, 2.45) is 0 Å². The van der Waals surface area contributed by atoms with Crippen LogP contribution < -0.4 is 4.74 Å². The zero-order chi connectivity index (χ0) is 11.2. The number of ether oxygens (including phenoxy) is 1. The quantitative estimate of drug-likeness (QED) is 0.784. The van der Waals surface area contributed by atoms with Gasteiger partial charge in [-0.2, -0.15) is 0 Å². The van der Waals surface area contributed by atoms with E-state index in [4.69, 9.17) is 4.74 Å². The molecule has 0 radical (unpaired) electrons. The van der Waals surface area contributed by atoms with Gasteiger partial charge >= 0.3 is 0 Å². The van der Waals surface area contributed by atoms with Crippen LogP contribution in [0.25, 0.3) is 0 Å². The maximum absolute atomic E-state index is 10.1. The van der Waals surface area contributed by atoms with E-state index in [1.54, 1.807) is 0 Å². The molecule has 3 heteroatoms. The first-order chi connectivity index (χ1) is 7.73. The van der Waals surface area contributed by atoms with E-state index in [9.17, 15) is 5.11 Å². The maximum Gasteiger partial charge on any atom is 0.217 e. The van der Waals surface area contributed by atoms with Crippen molar-refractivity contribution in [3.8, 4) is 5.88 Å². The van der Waals surface area contributed by atoms with Crippen LogP contribution in [-0.4, -0.2) is 21.8 Å². The van der Waals surface area contributed by atoms with E-state index in [-0.39, 0.29) is 11.7 Å². The Hall–Kier alpha value is -1.09. The molecule has 1 N–H and O–H groups in total. The summed E-state index contributed by atoms with van der Waals surface area (Å²) in [6.45, 7) is 2.11. The van der Waals surface area contributed by atoms with Crippen molar-refractivity contribution in [2.75, 3.05) is 0 Å². The molecule has 86 valence electrons. The molecule has 1 spiro atoms. The Labute approximate surface area is 95.5 Å². The smallest absolute Gasteiger partial charge is 0.217 e. The Morgan fingerprint density at radius 3 is 3.00 bits per heavy atom. The lowest BCUT2D eigenvalue weighted by molar-refractivity contribution is -0.118. The Kier molecular flexibility index (Phi) is 2.18. The van der Waals surface area contributed by atoms with Crippen molar-refractivity contribution in [2.45, 2.75) is 50.7 Å². The number of hydrogen-bond donors (Lipinski definition) is 1. The molecule has 0 bridgehead atoms. The van der Waals surface area contributed by atoms with Crippen LogP contribution in [0, 0.1) is 0 Å². The van der Waals surface area contributed by atoms with Crippen molar-refractivity contribution >= 4 is 0 Å². The summed E-state index contributed by atoms with van der Waals surface area (Å²) < 4.78 is 5.91. The van der Waals surface area contributed by atoms with Crippen LogP contribution in [0.15, 0.2) is 12.3 Å². The fourth-order valence-electron chi connectivity index (χ4n) is 2.59. The first kappa shape index (κ1) is 10.1. The van der Waals surface area contributed by atoms with Crippen LogP contribution in [0.1, 0.15) is 37.3 Å². The minimum absolute atomic E-state index is 0.312. The predicted molar refractivity (Wildman–Crippen MR) is 60.5 cm³/mol. The monoisotopic (exact) mass is 219 g/mol. The summed E-state index contributed by atoms with van der Waals surface area (Å²) in [6, 6.07) is 2.11. The Morgan fingerprint density at radius 1 is 1.56 bits per heavy atom. The second-order valence-electron chi connectivity index (χ2n) is 4.90. The number of pyridine rings is 1. The topological polar surface area (TPSA) is 42.4 Å². The normalized spacial score (nSPS) is 25.8. The van der Waals surface area contributed by atoms with Gasteiger partial charge in [0, 0.05) is 18.2 Å². The molecule has 2 aliphatic rings. The predicted octanol–water partition coefficient (Wildman–Crippen LogP) is 1.86. The third-order valence-electron chi connectivity index (χ3n) is 3.91. The highest BCUT2D eigenvalue weighted by Gasteiger charge is 2.49. The molecule has 3 nitrogen and oxygen atoms in total. The second kappa shape index (κ2) is 3.45. The largest absolute Gasteiger partial charge is 0.468 e. The van der Waals surface area contributed by atoms with Gasteiger partial charge in [-0.15, -0.1) is 0 Å². The first-order valence-corrected chi connectivity index (χ1v) is 6.08. The van der Waals surface area contributed by atoms with Crippen LogP contribution in [0.4, 0.5) is 0 Å². The number of aromatic nitrogens is 1. The maximum atomic E-state index is 10.1. The van der Waals surface area contributed by atoms with E-state index >= 15 is 0 Å². The molecule has 16 heavy (non-hydrogen) atoms. The Bertz CT molecular complexity index is 412. The van der Waals surface area contributed by atoms with Crippen molar-refractivity contribution in [1.82, 2.24) is 4.98 Å². The summed E-state index contributed by atoms with van der Waals surface area (Å²) in [6.07, 6.45) is 6.26. The van der Waals surface area contributed by atoms with E-state index < -0.39 is 0 Å². The van der Waals surface area contributed by atoms with Crippen molar-refractivity contribution in [3.63, 3.8) is 0 Å². The standard InChI is InChI=1S/C13H17NO2/c1-2-9-6-10-7-11(15)13(4-3-5-13)16-12(10)14-8-9/h6,8,11,15H,2-5,7H2,1H3. The van der Waals surface area contributed by atoms with Gasteiger partial charge < -0.3 is 9.84 Å². The van der Waals surface area contributed by atoms with Gasteiger partial charge in [0.2, 0.25) is 5.88 Å². The lowest BCUT2D eigenvalue weighted by atomic mass is 9.73. The molecular formula is C13H17NO2. The second-order valence-corrected chi connectivity index (χ2v) is 4.90. The minimum atomic E-state index is -0.359.